The van der Waals surface area contributed by atoms with Crippen molar-refractivity contribution in [3.63, 3.8) is 0 Å². The van der Waals surface area contributed by atoms with Crippen LogP contribution in [-0.4, -0.2) is 13.1 Å². The number of hydrogen-bond acceptors (Lipinski definition) is 2. The third-order valence-electron chi connectivity index (χ3n) is 4.14. The molecule has 0 aromatic rings. The van der Waals surface area contributed by atoms with E-state index < -0.39 is 0 Å². The maximum Gasteiger partial charge on any atom is 0.305 e. The highest BCUT2D eigenvalue weighted by molar-refractivity contribution is 5.69. The van der Waals surface area contributed by atoms with Gasteiger partial charge in [0.2, 0.25) is 0 Å². The Balaban J connectivity index is 1.90. The molecule has 0 spiro atoms. The minimum atomic E-state index is -0.0128. The third-order valence-corrected chi connectivity index (χ3v) is 4.14. The molecular weight excluding hydrogens is 176 g/mol. The van der Waals surface area contributed by atoms with E-state index in [1.807, 2.05) is 0 Å². The minimum Gasteiger partial charge on any atom is -0.469 e. The Bertz CT molecular complexity index is 212. The summed E-state index contributed by atoms with van der Waals surface area (Å²) >= 11 is 0. The number of esters is 1. The van der Waals surface area contributed by atoms with Gasteiger partial charge in [0, 0.05) is 6.42 Å². The van der Waals surface area contributed by atoms with Crippen LogP contribution >= 0.6 is 0 Å². The number of rotatable bonds is 2. The molecule has 2 heteroatoms. The first-order valence-electron chi connectivity index (χ1n) is 5.88. The molecule has 2 aliphatic rings. The van der Waals surface area contributed by atoms with Crippen LogP contribution < -0.4 is 0 Å². The molecule has 14 heavy (non-hydrogen) atoms. The Kier molecular flexibility index (Phi) is 3.09. The molecule has 2 fully saturated rings. The minimum absolute atomic E-state index is 0.0128. The number of ether oxygens (including phenoxy) is 1. The lowest BCUT2D eigenvalue weighted by Gasteiger charge is -2.28. The predicted octanol–water partition coefficient (Wildman–Crippen LogP) is 2.77. The summed E-state index contributed by atoms with van der Waals surface area (Å²) in [7, 11) is 1.50. The van der Waals surface area contributed by atoms with Crippen LogP contribution in [0.3, 0.4) is 0 Å². The molecule has 2 nitrogen and oxygen atoms in total. The van der Waals surface area contributed by atoms with Gasteiger partial charge in [0.1, 0.15) is 0 Å². The monoisotopic (exact) mass is 196 g/mol. The molecule has 0 aromatic heterocycles. The van der Waals surface area contributed by atoms with Crippen LogP contribution in [0.25, 0.3) is 0 Å². The number of carbonyl (C=O) groups is 1. The molecule has 0 N–H and O–H groups in total. The van der Waals surface area contributed by atoms with Gasteiger partial charge in [-0.3, -0.25) is 4.79 Å². The Hall–Kier alpha value is -0.530. The van der Waals surface area contributed by atoms with E-state index >= 15 is 0 Å². The number of fused-ring (bicyclic) bond motifs is 1. The fourth-order valence-corrected chi connectivity index (χ4v) is 3.41. The van der Waals surface area contributed by atoms with Crippen molar-refractivity contribution in [1.29, 1.82) is 0 Å². The van der Waals surface area contributed by atoms with Crippen molar-refractivity contribution >= 4 is 5.97 Å². The van der Waals surface area contributed by atoms with Crippen molar-refractivity contribution in [3.8, 4) is 0 Å². The van der Waals surface area contributed by atoms with Crippen molar-refractivity contribution in [3.05, 3.63) is 0 Å². The van der Waals surface area contributed by atoms with Gasteiger partial charge in [-0.05, 0) is 37.0 Å². The van der Waals surface area contributed by atoms with Gasteiger partial charge in [0.25, 0.3) is 0 Å². The predicted molar refractivity (Wildman–Crippen MR) is 54.8 cm³/mol. The quantitative estimate of drug-likeness (QED) is 0.635. The molecule has 2 rings (SSSR count). The Morgan fingerprint density at radius 1 is 1.21 bits per heavy atom. The van der Waals surface area contributed by atoms with Gasteiger partial charge in [0.15, 0.2) is 0 Å². The molecule has 0 radical (unpaired) electrons. The Morgan fingerprint density at radius 3 is 2.79 bits per heavy atom. The van der Waals surface area contributed by atoms with E-state index in [-0.39, 0.29) is 5.97 Å². The smallest absolute Gasteiger partial charge is 0.305 e. The van der Waals surface area contributed by atoms with E-state index in [2.05, 4.69) is 0 Å². The van der Waals surface area contributed by atoms with Gasteiger partial charge < -0.3 is 4.74 Å². The van der Waals surface area contributed by atoms with Crippen LogP contribution in [0.15, 0.2) is 0 Å². The molecule has 0 aromatic carbocycles. The summed E-state index contributed by atoms with van der Waals surface area (Å²) in [5.74, 6) is 2.38. The van der Waals surface area contributed by atoms with Gasteiger partial charge in [-0.2, -0.15) is 0 Å². The van der Waals surface area contributed by atoms with Crippen molar-refractivity contribution < 1.29 is 9.53 Å². The van der Waals surface area contributed by atoms with E-state index in [4.69, 9.17) is 4.74 Å². The molecule has 2 saturated carbocycles. The van der Waals surface area contributed by atoms with E-state index in [9.17, 15) is 4.79 Å². The molecule has 0 aliphatic heterocycles. The van der Waals surface area contributed by atoms with E-state index in [1.165, 1.54) is 45.6 Å². The first-order chi connectivity index (χ1) is 6.81. The molecule has 3 atom stereocenters. The van der Waals surface area contributed by atoms with Gasteiger partial charge >= 0.3 is 5.97 Å². The van der Waals surface area contributed by atoms with Crippen LogP contribution in [0.1, 0.15) is 44.9 Å². The summed E-state index contributed by atoms with van der Waals surface area (Å²) in [6, 6.07) is 0. The zero-order chi connectivity index (χ0) is 9.97. The van der Waals surface area contributed by atoms with E-state index in [0.29, 0.717) is 12.3 Å². The maximum atomic E-state index is 11.2. The maximum absolute atomic E-state index is 11.2. The normalized spacial score (nSPS) is 36.5. The van der Waals surface area contributed by atoms with E-state index in [0.717, 1.165) is 11.8 Å². The Labute approximate surface area is 86.0 Å². The summed E-state index contributed by atoms with van der Waals surface area (Å²) in [6.45, 7) is 0. The number of hydrogen-bond donors (Lipinski definition) is 0. The largest absolute Gasteiger partial charge is 0.469 e. The molecule has 0 bridgehead atoms. The van der Waals surface area contributed by atoms with Gasteiger partial charge in [-0.1, -0.05) is 19.3 Å². The molecule has 0 amide bonds. The van der Waals surface area contributed by atoms with E-state index in [1.54, 1.807) is 0 Å². The summed E-state index contributed by atoms with van der Waals surface area (Å²) in [5, 5.41) is 0. The van der Waals surface area contributed by atoms with Crippen LogP contribution in [0, 0.1) is 17.8 Å². The zero-order valence-corrected chi connectivity index (χ0v) is 9.00. The van der Waals surface area contributed by atoms with Gasteiger partial charge in [-0.15, -0.1) is 0 Å². The molecule has 0 heterocycles. The summed E-state index contributed by atoms with van der Waals surface area (Å²) < 4.78 is 4.75. The standard InChI is InChI=1S/C12H20O2/c1-14-12(13)8-10-7-6-9-4-2-3-5-11(9)10/h9-11H,2-8H2,1H3. The molecule has 2 aliphatic carbocycles. The number of methoxy groups -OCH3 is 1. The highest BCUT2D eigenvalue weighted by Crippen LogP contribution is 2.47. The van der Waals surface area contributed by atoms with Crippen LogP contribution in [0.2, 0.25) is 0 Å². The van der Waals surface area contributed by atoms with Crippen LogP contribution in [0.4, 0.5) is 0 Å². The second-order valence-electron chi connectivity index (χ2n) is 4.83. The molecule has 3 unspecified atom stereocenters. The highest BCUT2D eigenvalue weighted by atomic mass is 16.5. The summed E-state index contributed by atoms with van der Waals surface area (Å²) in [5.41, 5.74) is 0. The SMILES string of the molecule is COC(=O)CC1CCC2CCCCC21. The average Bonchev–Trinajstić information content (AvgIpc) is 2.62. The topological polar surface area (TPSA) is 26.3 Å². The lowest BCUT2D eigenvalue weighted by Crippen LogP contribution is -2.21. The molecule has 0 saturated heterocycles. The second-order valence-corrected chi connectivity index (χ2v) is 4.83. The van der Waals surface area contributed by atoms with Crippen molar-refractivity contribution in [2.75, 3.05) is 7.11 Å². The van der Waals surface area contributed by atoms with Crippen LogP contribution in [-0.2, 0) is 9.53 Å². The first kappa shape index (κ1) is 10.0. The first-order valence-corrected chi connectivity index (χ1v) is 5.88. The van der Waals surface area contributed by atoms with Crippen molar-refractivity contribution in [2.24, 2.45) is 17.8 Å². The zero-order valence-electron chi connectivity index (χ0n) is 9.00. The van der Waals surface area contributed by atoms with Crippen molar-refractivity contribution in [1.82, 2.24) is 0 Å². The molecular formula is C12H20O2. The summed E-state index contributed by atoms with van der Waals surface area (Å²) in [6.07, 6.45) is 8.81. The lowest BCUT2D eigenvalue weighted by atomic mass is 9.77. The van der Waals surface area contributed by atoms with Gasteiger partial charge in [-0.25, -0.2) is 0 Å². The van der Waals surface area contributed by atoms with Crippen LogP contribution in [0.5, 0.6) is 0 Å². The number of carbonyl (C=O) groups excluding carboxylic acids is 1. The highest BCUT2D eigenvalue weighted by Gasteiger charge is 2.38. The third kappa shape index (κ3) is 1.94. The second kappa shape index (κ2) is 4.33. The fourth-order valence-electron chi connectivity index (χ4n) is 3.41. The lowest BCUT2D eigenvalue weighted by molar-refractivity contribution is -0.142. The fraction of sp³-hybridized carbons (Fsp3) is 0.917. The molecule has 80 valence electrons. The average molecular weight is 196 g/mol. The van der Waals surface area contributed by atoms with Gasteiger partial charge in [0.05, 0.1) is 7.11 Å². The van der Waals surface area contributed by atoms with Crippen molar-refractivity contribution in [2.45, 2.75) is 44.9 Å². The Morgan fingerprint density at radius 2 is 2.00 bits per heavy atom. The summed E-state index contributed by atoms with van der Waals surface area (Å²) in [4.78, 5) is 11.2.